The molecule has 0 saturated carbocycles. The first-order valence-electron chi connectivity index (χ1n) is 10.2. The van der Waals surface area contributed by atoms with E-state index in [2.05, 4.69) is 4.98 Å². The molecule has 0 unspecified atom stereocenters. The van der Waals surface area contributed by atoms with Crippen molar-refractivity contribution in [2.75, 3.05) is 20.2 Å². The quantitative estimate of drug-likeness (QED) is 0.608. The van der Waals surface area contributed by atoms with Crippen molar-refractivity contribution < 1.29 is 18.3 Å². The zero-order chi connectivity index (χ0) is 20.9. The van der Waals surface area contributed by atoms with Crippen LogP contribution in [0.4, 0.5) is 4.39 Å². The Hall–Kier alpha value is -3.15. The summed E-state index contributed by atoms with van der Waals surface area (Å²) in [5.41, 5.74) is 1.73. The Morgan fingerprint density at radius 3 is 2.97 bits per heavy atom. The van der Waals surface area contributed by atoms with Gasteiger partial charge in [-0.05, 0) is 36.6 Å². The van der Waals surface area contributed by atoms with Gasteiger partial charge in [0.2, 0.25) is 5.91 Å². The molecule has 3 aromatic rings. The van der Waals surface area contributed by atoms with E-state index >= 15 is 0 Å². The number of rotatable bonds is 6. The molecule has 1 atom stereocenters. The maximum absolute atomic E-state index is 13.4. The molecule has 1 saturated heterocycles. The molecule has 1 aromatic heterocycles. The van der Waals surface area contributed by atoms with Crippen LogP contribution >= 0.6 is 0 Å². The molecule has 1 aliphatic rings. The Labute approximate surface area is 175 Å². The fraction of sp³-hybridized carbons (Fsp3) is 0.333. The summed E-state index contributed by atoms with van der Waals surface area (Å²) in [5, 5.41) is 0. The number of methoxy groups -OCH3 is 1. The van der Waals surface area contributed by atoms with Gasteiger partial charge in [-0.2, -0.15) is 0 Å². The summed E-state index contributed by atoms with van der Waals surface area (Å²) in [7, 11) is 1.62. The van der Waals surface area contributed by atoms with E-state index in [1.54, 1.807) is 19.4 Å². The van der Waals surface area contributed by atoms with Crippen molar-refractivity contribution >= 4 is 5.91 Å². The lowest BCUT2D eigenvalue weighted by atomic mass is 9.97. The topological polar surface area (TPSA) is 55.6 Å². The molecule has 2 heterocycles. The van der Waals surface area contributed by atoms with Gasteiger partial charge in [0.25, 0.3) is 0 Å². The number of carbonyl (C=O) groups excluding carboxylic acids is 1. The van der Waals surface area contributed by atoms with E-state index < -0.39 is 0 Å². The molecule has 0 N–H and O–H groups in total. The van der Waals surface area contributed by atoms with Crippen LogP contribution in [0.25, 0.3) is 0 Å². The SMILES string of the molecule is COc1ccccc1CC(=O)N1CCC[C@H](c2ncc(Cc3cccc(F)c3)o2)C1. The number of hydrogen-bond acceptors (Lipinski definition) is 4. The third kappa shape index (κ3) is 4.70. The average molecular weight is 408 g/mol. The van der Waals surface area contributed by atoms with Gasteiger partial charge in [-0.25, -0.2) is 9.37 Å². The second kappa shape index (κ2) is 9.11. The van der Waals surface area contributed by atoms with Crippen LogP contribution in [0, 0.1) is 5.82 Å². The smallest absolute Gasteiger partial charge is 0.227 e. The van der Waals surface area contributed by atoms with Crippen molar-refractivity contribution in [1.82, 2.24) is 9.88 Å². The number of likely N-dealkylation sites (tertiary alicyclic amines) is 1. The first-order chi connectivity index (χ1) is 14.6. The first-order valence-corrected chi connectivity index (χ1v) is 10.2. The lowest BCUT2D eigenvalue weighted by molar-refractivity contribution is -0.131. The number of benzene rings is 2. The minimum absolute atomic E-state index is 0.0710. The molecule has 0 aliphatic carbocycles. The summed E-state index contributed by atoms with van der Waals surface area (Å²) < 4.78 is 24.7. The molecule has 30 heavy (non-hydrogen) atoms. The van der Waals surface area contributed by atoms with Crippen molar-refractivity contribution in [3.05, 3.63) is 83.3 Å². The number of halogens is 1. The van der Waals surface area contributed by atoms with E-state index in [9.17, 15) is 9.18 Å². The Morgan fingerprint density at radius 2 is 2.13 bits per heavy atom. The summed E-state index contributed by atoms with van der Waals surface area (Å²) in [6, 6.07) is 14.1. The molecule has 4 rings (SSSR count). The van der Waals surface area contributed by atoms with Gasteiger partial charge in [0.05, 0.1) is 25.6 Å². The molecule has 1 fully saturated rings. The van der Waals surface area contributed by atoms with Crippen molar-refractivity contribution in [2.24, 2.45) is 0 Å². The number of oxazole rings is 1. The number of carbonyl (C=O) groups is 1. The Kier molecular flexibility index (Phi) is 6.12. The zero-order valence-electron chi connectivity index (χ0n) is 17.0. The number of amides is 1. The van der Waals surface area contributed by atoms with E-state index in [-0.39, 0.29) is 17.6 Å². The largest absolute Gasteiger partial charge is 0.496 e. The molecule has 0 radical (unpaired) electrons. The average Bonchev–Trinajstić information content (AvgIpc) is 3.23. The van der Waals surface area contributed by atoms with E-state index in [1.165, 1.54) is 12.1 Å². The highest BCUT2D eigenvalue weighted by molar-refractivity contribution is 5.79. The zero-order valence-corrected chi connectivity index (χ0v) is 17.0. The molecule has 1 amide bonds. The summed E-state index contributed by atoms with van der Waals surface area (Å²) in [5.74, 6) is 1.97. The second-order valence-corrected chi connectivity index (χ2v) is 7.64. The maximum Gasteiger partial charge on any atom is 0.227 e. The van der Waals surface area contributed by atoms with Crippen LogP contribution in [-0.4, -0.2) is 36.0 Å². The third-order valence-electron chi connectivity index (χ3n) is 5.50. The van der Waals surface area contributed by atoms with Crippen LogP contribution in [0.2, 0.25) is 0 Å². The van der Waals surface area contributed by atoms with Crippen molar-refractivity contribution in [3.8, 4) is 5.75 Å². The van der Waals surface area contributed by atoms with Crippen molar-refractivity contribution in [3.63, 3.8) is 0 Å². The van der Waals surface area contributed by atoms with Gasteiger partial charge in [0.15, 0.2) is 5.89 Å². The van der Waals surface area contributed by atoms with Crippen LogP contribution in [-0.2, 0) is 17.6 Å². The monoisotopic (exact) mass is 408 g/mol. The molecule has 6 heteroatoms. The molecule has 156 valence electrons. The summed E-state index contributed by atoms with van der Waals surface area (Å²) in [6.45, 7) is 1.33. The molecule has 0 spiro atoms. The third-order valence-corrected chi connectivity index (χ3v) is 5.50. The minimum Gasteiger partial charge on any atom is -0.496 e. The fourth-order valence-electron chi connectivity index (χ4n) is 3.97. The lowest BCUT2D eigenvalue weighted by Gasteiger charge is -2.31. The number of ether oxygens (including phenoxy) is 1. The summed E-state index contributed by atoms with van der Waals surface area (Å²) in [4.78, 5) is 19.2. The molecular formula is C24H25FN2O3. The molecule has 0 bridgehead atoms. The first kappa shape index (κ1) is 20.1. The number of piperidine rings is 1. The van der Waals surface area contributed by atoms with Gasteiger partial charge in [-0.3, -0.25) is 4.79 Å². The number of aromatic nitrogens is 1. The number of nitrogens with zero attached hydrogens (tertiary/aromatic N) is 2. The van der Waals surface area contributed by atoms with Gasteiger partial charge in [0.1, 0.15) is 17.3 Å². The fourth-order valence-corrected chi connectivity index (χ4v) is 3.97. The van der Waals surface area contributed by atoms with Crippen LogP contribution in [0.15, 0.2) is 59.1 Å². The maximum atomic E-state index is 13.4. The van der Waals surface area contributed by atoms with Gasteiger partial charge < -0.3 is 14.1 Å². The van der Waals surface area contributed by atoms with Crippen LogP contribution in [0.5, 0.6) is 5.75 Å². The van der Waals surface area contributed by atoms with Gasteiger partial charge in [-0.15, -0.1) is 0 Å². The van der Waals surface area contributed by atoms with Gasteiger partial charge >= 0.3 is 0 Å². The normalized spacial score (nSPS) is 16.5. The van der Waals surface area contributed by atoms with Crippen LogP contribution < -0.4 is 4.74 Å². The summed E-state index contributed by atoms with van der Waals surface area (Å²) >= 11 is 0. The van der Waals surface area contributed by atoms with E-state index in [0.717, 1.165) is 36.3 Å². The minimum atomic E-state index is -0.260. The highest BCUT2D eigenvalue weighted by Crippen LogP contribution is 2.28. The lowest BCUT2D eigenvalue weighted by Crippen LogP contribution is -2.40. The molecule has 2 aromatic carbocycles. The number of para-hydroxylation sites is 1. The van der Waals surface area contributed by atoms with Crippen molar-refractivity contribution in [2.45, 2.75) is 31.6 Å². The molecule has 1 aliphatic heterocycles. The predicted octanol–water partition coefficient (Wildman–Crippen LogP) is 4.36. The van der Waals surface area contributed by atoms with Gasteiger partial charge in [-0.1, -0.05) is 30.3 Å². The molecular weight excluding hydrogens is 383 g/mol. The Morgan fingerprint density at radius 1 is 1.27 bits per heavy atom. The Balaban J connectivity index is 1.40. The highest BCUT2D eigenvalue weighted by Gasteiger charge is 2.28. The van der Waals surface area contributed by atoms with E-state index in [1.807, 2.05) is 35.2 Å². The second-order valence-electron chi connectivity index (χ2n) is 7.64. The van der Waals surface area contributed by atoms with Crippen molar-refractivity contribution in [1.29, 1.82) is 0 Å². The van der Waals surface area contributed by atoms with Crippen LogP contribution in [0.3, 0.4) is 0 Å². The Bertz CT molecular complexity index is 1020. The van der Waals surface area contributed by atoms with Crippen LogP contribution in [0.1, 0.15) is 41.5 Å². The standard InChI is InChI=1S/C24H25FN2O3/c1-29-22-10-3-2-7-18(22)14-23(28)27-11-5-8-19(16-27)24-26-15-21(30-24)13-17-6-4-9-20(25)12-17/h2-4,6-7,9-10,12,15,19H,5,8,11,13-14,16H2,1H3/t19-/m0/s1. The highest BCUT2D eigenvalue weighted by atomic mass is 19.1. The summed E-state index contributed by atoms with van der Waals surface area (Å²) in [6.07, 6.45) is 4.35. The molecule has 5 nitrogen and oxygen atoms in total. The van der Waals surface area contributed by atoms with E-state index in [0.29, 0.717) is 31.0 Å². The van der Waals surface area contributed by atoms with Gasteiger partial charge in [0, 0.05) is 25.1 Å². The van der Waals surface area contributed by atoms with E-state index in [4.69, 9.17) is 9.15 Å². The predicted molar refractivity (Wildman–Crippen MR) is 111 cm³/mol. The number of hydrogen-bond donors (Lipinski definition) is 0.